The molecule has 0 saturated carbocycles. The van der Waals surface area contributed by atoms with Crippen LogP contribution in [0.2, 0.25) is 0 Å². The number of carboxylic acid groups (broad SMARTS) is 1. The molecular weight excluding hydrogens is 320 g/mol. The summed E-state index contributed by atoms with van der Waals surface area (Å²) in [5.74, 6) is -1.47. The Hall–Kier alpha value is -0.660. The second-order valence-electron chi connectivity index (χ2n) is 6.01. The van der Waals surface area contributed by atoms with Crippen molar-refractivity contribution in [1.29, 1.82) is 0 Å². The number of rotatable bonds is 16. The first-order valence-electron chi connectivity index (χ1n) is 8.57. The molecule has 0 aliphatic carbocycles. The highest BCUT2D eigenvalue weighted by molar-refractivity contribution is 7.87. The van der Waals surface area contributed by atoms with E-state index in [1.807, 2.05) is 0 Å². The zero-order chi connectivity index (χ0) is 17.6. The molecule has 0 aliphatic rings. The number of methoxy groups -OCH3 is 1. The fourth-order valence-electron chi connectivity index (χ4n) is 2.57. The molecule has 138 valence electrons. The van der Waals surface area contributed by atoms with Crippen molar-refractivity contribution in [3.8, 4) is 0 Å². The van der Waals surface area contributed by atoms with E-state index in [1.165, 1.54) is 38.5 Å². The van der Waals surface area contributed by atoms with Crippen LogP contribution in [0.3, 0.4) is 0 Å². The highest BCUT2D eigenvalue weighted by Gasteiger charge is 2.29. The van der Waals surface area contributed by atoms with Crippen molar-refractivity contribution in [3.63, 3.8) is 0 Å². The van der Waals surface area contributed by atoms with Gasteiger partial charge in [0, 0.05) is 13.7 Å². The first-order chi connectivity index (χ1) is 10.9. The van der Waals surface area contributed by atoms with E-state index in [2.05, 4.69) is 0 Å². The van der Waals surface area contributed by atoms with Crippen molar-refractivity contribution in [2.45, 2.75) is 82.3 Å². The summed E-state index contributed by atoms with van der Waals surface area (Å²) in [5, 5.41) is 7.07. The van der Waals surface area contributed by atoms with Gasteiger partial charge in [0.15, 0.2) is 5.25 Å². The van der Waals surface area contributed by atoms with Crippen molar-refractivity contribution in [3.05, 3.63) is 0 Å². The molecule has 0 saturated heterocycles. The Morgan fingerprint density at radius 1 is 0.870 bits per heavy atom. The van der Waals surface area contributed by atoms with Gasteiger partial charge in [-0.2, -0.15) is 8.42 Å². The predicted molar refractivity (Wildman–Crippen MR) is 90.3 cm³/mol. The summed E-state index contributed by atoms with van der Waals surface area (Å²) in [7, 11) is -2.76. The lowest BCUT2D eigenvalue weighted by molar-refractivity contribution is -0.136. The van der Waals surface area contributed by atoms with Gasteiger partial charge in [-0.25, -0.2) is 0 Å². The lowest BCUT2D eigenvalue weighted by Gasteiger charge is -2.08. The molecule has 1 unspecified atom stereocenters. The number of ether oxygens (including phenoxy) is 1. The highest BCUT2D eigenvalue weighted by Crippen LogP contribution is 2.14. The number of hydrogen-bond donors (Lipinski definition) is 2. The summed E-state index contributed by atoms with van der Waals surface area (Å²) < 4.78 is 35.6. The average molecular weight is 352 g/mol. The third-order valence-corrected chi connectivity index (χ3v) is 5.11. The number of carboxylic acids is 1. The molecule has 0 bridgehead atoms. The minimum absolute atomic E-state index is 0.0182. The highest BCUT2D eigenvalue weighted by atomic mass is 32.2. The zero-order valence-electron chi connectivity index (χ0n) is 14.2. The van der Waals surface area contributed by atoms with Crippen molar-refractivity contribution < 1.29 is 27.6 Å². The van der Waals surface area contributed by atoms with Crippen LogP contribution in [-0.4, -0.2) is 43.0 Å². The normalized spacial score (nSPS) is 13.1. The van der Waals surface area contributed by atoms with Gasteiger partial charge in [-0.15, -0.1) is 0 Å². The van der Waals surface area contributed by atoms with Gasteiger partial charge in [-0.3, -0.25) is 9.35 Å². The van der Waals surface area contributed by atoms with Crippen LogP contribution in [0, 0.1) is 0 Å². The van der Waals surface area contributed by atoms with Gasteiger partial charge in [0.2, 0.25) is 0 Å². The second-order valence-corrected chi connectivity index (χ2v) is 7.61. The lowest BCUT2D eigenvalue weighted by atomic mass is 10.0. The molecule has 2 N–H and O–H groups in total. The third kappa shape index (κ3) is 13.5. The van der Waals surface area contributed by atoms with Gasteiger partial charge in [0.25, 0.3) is 10.1 Å². The first kappa shape index (κ1) is 22.3. The van der Waals surface area contributed by atoms with Crippen molar-refractivity contribution in [2.24, 2.45) is 0 Å². The monoisotopic (exact) mass is 352 g/mol. The Balaban J connectivity index is 3.41. The van der Waals surface area contributed by atoms with Crippen LogP contribution in [0.15, 0.2) is 0 Å². The Morgan fingerprint density at radius 2 is 1.26 bits per heavy atom. The Kier molecular flexibility index (Phi) is 13.4. The van der Waals surface area contributed by atoms with E-state index in [0.29, 0.717) is 6.42 Å². The summed E-state index contributed by atoms with van der Waals surface area (Å²) in [5.41, 5.74) is 0. The van der Waals surface area contributed by atoms with E-state index in [-0.39, 0.29) is 6.42 Å². The molecule has 0 rings (SSSR count). The Morgan fingerprint density at radius 3 is 1.61 bits per heavy atom. The SMILES string of the molecule is COCCCCCCCCCCCCCC(C(=O)O)S(=O)(=O)O. The summed E-state index contributed by atoms with van der Waals surface area (Å²) in [4.78, 5) is 10.7. The topological polar surface area (TPSA) is 101 Å². The summed E-state index contributed by atoms with van der Waals surface area (Å²) in [6.07, 6.45) is 11.9. The maximum absolute atomic E-state index is 10.9. The first-order valence-corrected chi connectivity index (χ1v) is 10.1. The molecule has 0 spiro atoms. The molecule has 0 aliphatic heterocycles. The van der Waals surface area contributed by atoms with Crippen LogP contribution >= 0.6 is 0 Å². The molecule has 0 fully saturated rings. The summed E-state index contributed by atoms with van der Waals surface area (Å²) in [6, 6.07) is 0. The number of unbranched alkanes of at least 4 members (excludes halogenated alkanes) is 10. The van der Waals surface area contributed by atoms with Gasteiger partial charge >= 0.3 is 5.97 Å². The maximum Gasteiger partial charge on any atom is 0.324 e. The van der Waals surface area contributed by atoms with E-state index in [0.717, 1.165) is 32.3 Å². The molecule has 0 amide bonds. The fraction of sp³-hybridized carbons (Fsp3) is 0.938. The molecule has 1 atom stereocenters. The van der Waals surface area contributed by atoms with Gasteiger partial charge in [-0.05, 0) is 12.8 Å². The minimum atomic E-state index is -4.49. The maximum atomic E-state index is 10.9. The fourth-order valence-corrected chi connectivity index (χ4v) is 3.29. The van der Waals surface area contributed by atoms with Gasteiger partial charge in [0.1, 0.15) is 0 Å². The number of carbonyl (C=O) groups is 1. The molecule has 0 heterocycles. The van der Waals surface area contributed by atoms with Crippen molar-refractivity contribution in [2.75, 3.05) is 13.7 Å². The smallest absolute Gasteiger partial charge is 0.324 e. The van der Waals surface area contributed by atoms with Gasteiger partial charge < -0.3 is 9.84 Å². The summed E-state index contributed by atoms with van der Waals surface area (Å²) in [6.45, 7) is 0.848. The Labute approximate surface area is 140 Å². The van der Waals surface area contributed by atoms with E-state index < -0.39 is 21.3 Å². The van der Waals surface area contributed by atoms with Crippen LogP contribution in [0.4, 0.5) is 0 Å². The second kappa shape index (κ2) is 13.7. The van der Waals surface area contributed by atoms with E-state index in [1.54, 1.807) is 7.11 Å². The van der Waals surface area contributed by atoms with Crippen molar-refractivity contribution in [1.82, 2.24) is 0 Å². The molecule has 7 heteroatoms. The van der Waals surface area contributed by atoms with Crippen LogP contribution in [-0.2, 0) is 19.6 Å². The molecule has 0 aromatic heterocycles. The van der Waals surface area contributed by atoms with Crippen LogP contribution in [0.1, 0.15) is 77.0 Å². The molecule has 23 heavy (non-hydrogen) atoms. The largest absolute Gasteiger partial charge is 0.480 e. The molecule has 0 aromatic carbocycles. The van der Waals surface area contributed by atoms with Crippen LogP contribution < -0.4 is 0 Å². The quantitative estimate of drug-likeness (QED) is 0.325. The summed E-state index contributed by atoms with van der Waals surface area (Å²) >= 11 is 0. The number of hydrogen-bond acceptors (Lipinski definition) is 4. The van der Waals surface area contributed by atoms with E-state index in [9.17, 15) is 13.2 Å². The lowest BCUT2D eigenvalue weighted by Crippen LogP contribution is -2.29. The van der Waals surface area contributed by atoms with Gasteiger partial charge in [0.05, 0.1) is 0 Å². The molecule has 0 aromatic rings. The molecule has 0 radical (unpaired) electrons. The minimum Gasteiger partial charge on any atom is -0.480 e. The Bertz CT molecular complexity index is 393. The van der Waals surface area contributed by atoms with Crippen LogP contribution in [0.5, 0.6) is 0 Å². The van der Waals surface area contributed by atoms with Gasteiger partial charge in [-0.1, -0.05) is 64.2 Å². The molecule has 6 nitrogen and oxygen atoms in total. The third-order valence-electron chi connectivity index (χ3n) is 3.95. The van der Waals surface area contributed by atoms with Crippen molar-refractivity contribution >= 4 is 16.1 Å². The predicted octanol–water partition coefficient (Wildman–Crippen LogP) is 3.66. The number of aliphatic carboxylic acids is 1. The molecular formula is C16H32O6S. The zero-order valence-corrected chi connectivity index (χ0v) is 15.0. The van der Waals surface area contributed by atoms with Crippen LogP contribution in [0.25, 0.3) is 0 Å². The standard InChI is InChI=1S/C16H32O6S/c1-22-14-12-10-8-6-4-2-3-5-7-9-11-13-15(16(17)18)23(19,20)21/h15H,2-14H2,1H3,(H,17,18)(H,19,20,21). The van der Waals surface area contributed by atoms with E-state index >= 15 is 0 Å². The average Bonchev–Trinajstić information content (AvgIpc) is 2.46. The van der Waals surface area contributed by atoms with E-state index in [4.69, 9.17) is 14.4 Å².